The van der Waals surface area contributed by atoms with Crippen LogP contribution in [0.2, 0.25) is 0 Å². The highest BCUT2D eigenvalue weighted by atomic mass is 16.6. The van der Waals surface area contributed by atoms with Crippen LogP contribution in [0.3, 0.4) is 0 Å². The number of nitro benzene ring substituents is 1. The fraction of sp³-hybridized carbons (Fsp3) is 0.611. The summed E-state index contributed by atoms with van der Waals surface area (Å²) in [6, 6.07) is 6.75. The molecule has 2 aliphatic rings. The molecule has 2 fully saturated rings. The fourth-order valence-electron chi connectivity index (χ4n) is 3.12. The van der Waals surface area contributed by atoms with Gasteiger partial charge in [0.15, 0.2) is 5.75 Å². The molecule has 0 spiro atoms. The second-order valence-corrected chi connectivity index (χ2v) is 6.83. The molecule has 7 nitrogen and oxygen atoms in total. The zero-order valence-electron chi connectivity index (χ0n) is 14.4. The third-order valence-corrected chi connectivity index (χ3v) is 4.88. The Morgan fingerprint density at radius 2 is 1.96 bits per heavy atom. The van der Waals surface area contributed by atoms with Gasteiger partial charge in [0.1, 0.15) is 0 Å². The summed E-state index contributed by atoms with van der Waals surface area (Å²) in [5.74, 6) is 1.14. The zero-order chi connectivity index (χ0) is 17.6. The van der Waals surface area contributed by atoms with Crippen molar-refractivity contribution in [1.29, 1.82) is 0 Å². The average Bonchev–Trinajstić information content (AvgIpc) is 3.45. The van der Waals surface area contributed by atoms with E-state index in [-0.39, 0.29) is 30.4 Å². The summed E-state index contributed by atoms with van der Waals surface area (Å²) >= 11 is 0. The van der Waals surface area contributed by atoms with Gasteiger partial charge in [-0.2, -0.15) is 0 Å². The molecule has 0 unspecified atom stereocenters. The zero-order valence-corrected chi connectivity index (χ0v) is 14.4. The molecule has 1 aromatic carbocycles. The molecule has 25 heavy (non-hydrogen) atoms. The monoisotopic (exact) mass is 347 g/mol. The van der Waals surface area contributed by atoms with E-state index in [2.05, 4.69) is 5.32 Å². The Balaban J connectivity index is 1.37. The van der Waals surface area contributed by atoms with Crippen LogP contribution in [0.15, 0.2) is 24.3 Å². The highest BCUT2D eigenvalue weighted by molar-refractivity contribution is 5.76. The van der Waals surface area contributed by atoms with Crippen LogP contribution in [0.5, 0.6) is 5.75 Å². The maximum absolute atomic E-state index is 12.3. The molecule has 1 saturated carbocycles. The van der Waals surface area contributed by atoms with Crippen molar-refractivity contribution in [3.05, 3.63) is 34.4 Å². The molecule has 1 aliphatic carbocycles. The first-order chi connectivity index (χ1) is 12.1. The van der Waals surface area contributed by atoms with Crippen LogP contribution >= 0.6 is 0 Å². The summed E-state index contributed by atoms with van der Waals surface area (Å²) in [7, 11) is 0. The number of ether oxygens (including phenoxy) is 1. The van der Waals surface area contributed by atoms with Gasteiger partial charge in [-0.1, -0.05) is 12.1 Å². The predicted octanol–water partition coefficient (Wildman–Crippen LogP) is 2.35. The van der Waals surface area contributed by atoms with Crippen molar-refractivity contribution in [3.63, 3.8) is 0 Å². The first-order valence-electron chi connectivity index (χ1n) is 9.01. The summed E-state index contributed by atoms with van der Waals surface area (Å²) in [4.78, 5) is 24.6. The fourth-order valence-corrected chi connectivity index (χ4v) is 3.12. The number of hydrogen-bond acceptors (Lipinski definition) is 5. The molecule has 7 heteroatoms. The quantitative estimate of drug-likeness (QED) is 0.576. The molecule has 136 valence electrons. The number of likely N-dealkylation sites (tertiary alicyclic amines) is 1. The first kappa shape index (κ1) is 17.7. The molecule has 1 amide bonds. The molecular formula is C18H25N3O4. The van der Waals surface area contributed by atoms with E-state index in [4.69, 9.17) is 4.74 Å². The predicted molar refractivity (Wildman–Crippen MR) is 93.5 cm³/mol. The Kier molecular flexibility index (Phi) is 5.86. The first-order valence-corrected chi connectivity index (χ1v) is 9.01. The van der Waals surface area contributed by atoms with Crippen LogP contribution in [0.4, 0.5) is 5.69 Å². The second kappa shape index (κ2) is 8.29. The lowest BCUT2D eigenvalue weighted by Gasteiger charge is -2.32. The van der Waals surface area contributed by atoms with Gasteiger partial charge in [0.05, 0.1) is 18.0 Å². The summed E-state index contributed by atoms with van der Waals surface area (Å²) in [6.07, 6.45) is 4.92. The number of amides is 1. The number of benzene rings is 1. The SMILES string of the molecule is O=C(CCOc1ccccc1[N+](=O)[O-])N1CCC(NCC2CC2)CC1. The number of para-hydroxylation sites is 2. The number of nitro groups is 1. The number of rotatable bonds is 8. The molecule has 1 heterocycles. The molecule has 1 N–H and O–H groups in total. The Morgan fingerprint density at radius 1 is 1.24 bits per heavy atom. The summed E-state index contributed by atoms with van der Waals surface area (Å²) in [5.41, 5.74) is -0.0718. The summed E-state index contributed by atoms with van der Waals surface area (Å²) in [5, 5.41) is 14.5. The van der Waals surface area contributed by atoms with Crippen LogP contribution in [-0.2, 0) is 4.79 Å². The van der Waals surface area contributed by atoms with E-state index in [1.54, 1.807) is 18.2 Å². The highest BCUT2D eigenvalue weighted by Crippen LogP contribution is 2.28. The van der Waals surface area contributed by atoms with Crippen LogP contribution in [0, 0.1) is 16.0 Å². The molecule has 0 radical (unpaired) electrons. The molecule has 1 saturated heterocycles. The Hall–Kier alpha value is -2.15. The molecule has 1 aromatic rings. The van der Waals surface area contributed by atoms with Gasteiger partial charge in [-0.05, 0) is 44.2 Å². The number of piperidine rings is 1. The van der Waals surface area contributed by atoms with Crippen molar-refractivity contribution in [2.45, 2.75) is 38.1 Å². The van der Waals surface area contributed by atoms with Gasteiger partial charge in [0.25, 0.3) is 0 Å². The van der Waals surface area contributed by atoms with Crippen LogP contribution in [0.1, 0.15) is 32.1 Å². The maximum atomic E-state index is 12.3. The molecule has 0 atom stereocenters. The topological polar surface area (TPSA) is 84.7 Å². The average molecular weight is 347 g/mol. The third kappa shape index (κ3) is 5.16. The van der Waals surface area contributed by atoms with Gasteiger partial charge in [-0.25, -0.2) is 0 Å². The van der Waals surface area contributed by atoms with E-state index in [0.29, 0.717) is 6.04 Å². The number of carbonyl (C=O) groups excluding carboxylic acids is 1. The minimum atomic E-state index is -0.476. The minimum Gasteiger partial charge on any atom is -0.486 e. The minimum absolute atomic E-state index is 0.0548. The Bertz CT molecular complexity index is 610. The van der Waals surface area contributed by atoms with Crippen molar-refractivity contribution in [3.8, 4) is 5.75 Å². The van der Waals surface area contributed by atoms with E-state index in [1.165, 1.54) is 18.9 Å². The second-order valence-electron chi connectivity index (χ2n) is 6.83. The van der Waals surface area contributed by atoms with E-state index < -0.39 is 4.92 Å². The van der Waals surface area contributed by atoms with E-state index in [0.717, 1.165) is 38.4 Å². The van der Waals surface area contributed by atoms with Gasteiger partial charge >= 0.3 is 5.69 Å². The van der Waals surface area contributed by atoms with Gasteiger partial charge < -0.3 is 15.0 Å². The van der Waals surface area contributed by atoms with Crippen LogP contribution < -0.4 is 10.1 Å². The van der Waals surface area contributed by atoms with E-state index in [1.807, 2.05) is 4.90 Å². The highest BCUT2D eigenvalue weighted by Gasteiger charge is 2.26. The molecule has 0 bridgehead atoms. The smallest absolute Gasteiger partial charge is 0.310 e. The Labute approximate surface area is 147 Å². The third-order valence-electron chi connectivity index (χ3n) is 4.88. The molecule has 1 aliphatic heterocycles. The number of nitrogens with one attached hydrogen (secondary N) is 1. The van der Waals surface area contributed by atoms with Crippen LogP contribution in [0.25, 0.3) is 0 Å². The Morgan fingerprint density at radius 3 is 2.64 bits per heavy atom. The lowest BCUT2D eigenvalue weighted by Crippen LogP contribution is -2.45. The van der Waals surface area contributed by atoms with Crippen molar-refractivity contribution in [1.82, 2.24) is 10.2 Å². The van der Waals surface area contributed by atoms with Crippen molar-refractivity contribution in [2.24, 2.45) is 5.92 Å². The molecular weight excluding hydrogens is 322 g/mol. The van der Waals surface area contributed by atoms with Gasteiger partial charge in [-0.3, -0.25) is 14.9 Å². The lowest BCUT2D eigenvalue weighted by atomic mass is 10.0. The van der Waals surface area contributed by atoms with Crippen molar-refractivity contribution >= 4 is 11.6 Å². The maximum Gasteiger partial charge on any atom is 0.310 e. The standard InChI is InChI=1S/C18H25N3O4/c22-18(9-12-25-17-4-2-1-3-16(17)21(23)24)20-10-7-15(8-11-20)19-13-14-5-6-14/h1-4,14-15,19H,5-13H2. The number of carbonyl (C=O) groups is 1. The van der Waals surface area contributed by atoms with Crippen LogP contribution in [-0.4, -0.2) is 48.0 Å². The van der Waals surface area contributed by atoms with Crippen molar-refractivity contribution in [2.75, 3.05) is 26.2 Å². The van der Waals surface area contributed by atoms with E-state index >= 15 is 0 Å². The number of hydrogen-bond donors (Lipinski definition) is 1. The van der Waals surface area contributed by atoms with Crippen molar-refractivity contribution < 1.29 is 14.5 Å². The van der Waals surface area contributed by atoms with E-state index in [9.17, 15) is 14.9 Å². The molecule has 3 rings (SSSR count). The summed E-state index contributed by atoms with van der Waals surface area (Å²) in [6.45, 7) is 2.81. The summed E-state index contributed by atoms with van der Waals surface area (Å²) < 4.78 is 5.45. The lowest BCUT2D eigenvalue weighted by molar-refractivity contribution is -0.385. The van der Waals surface area contributed by atoms with Gasteiger partial charge in [-0.15, -0.1) is 0 Å². The normalized spacial score (nSPS) is 18.2. The van der Waals surface area contributed by atoms with Gasteiger partial charge in [0, 0.05) is 25.2 Å². The molecule has 0 aromatic heterocycles. The van der Waals surface area contributed by atoms with Gasteiger partial charge in [0.2, 0.25) is 5.91 Å². The largest absolute Gasteiger partial charge is 0.486 e. The number of nitrogens with zero attached hydrogens (tertiary/aromatic N) is 2.